The van der Waals surface area contributed by atoms with Gasteiger partial charge in [-0.1, -0.05) is 0 Å². The first-order chi connectivity index (χ1) is 14.8. The standard InChI is InChI=1S/C19H26N6O5S/c1-11(2)21-19(26)30-13-4-3-12(9-13)14-10-17(25-24-14)22-16-6-5-15-18(23-16)31(27,28)20-7-8-29-15/h5-6,10-13,20H,3-4,7-9H2,1-2H3,(H,21,26)(H2,22,23,24,25)/t12-,13+/m0/s1. The Balaban J connectivity index is 1.40. The van der Waals surface area contributed by atoms with E-state index in [4.69, 9.17) is 9.47 Å². The molecule has 1 saturated carbocycles. The molecule has 1 fully saturated rings. The summed E-state index contributed by atoms with van der Waals surface area (Å²) in [4.78, 5) is 16.0. The van der Waals surface area contributed by atoms with E-state index in [-0.39, 0.29) is 42.0 Å². The molecule has 0 unspecified atom stereocenters. The summed E-state index contributed by atoms with van der Waals surface area (Å²) in [6.07, 6.45) is 1.85. The van der Waals surface area contributed by atoms with Crippen molar-refractivity contribution in [2.24, 2.45) is 0 Å². The summed E-state index contributed by atoms with van der Waals surface area (Å²) in [5, 5.41) is 12.9. The first kappa shape index (κ1) is 21.4. The van der Waals surface area contributed by atoms with Crippen LogP contribution in [0.25, 0.3) is 0 Å². The zero-order chi connectivity index (χ0) is 22.0. The van der Waals surface area contributed by atoms with Gasteiger partial charge in [-0.3, -0.25) is 5.10 Å². The van der Waals surface area contributed by atoms with E-state index in [1.54, 1.807) is 12.1 Å². The minimum atomic E-state index is -3.73. The van der Waals surface area contributed by atoms with Gasteiger partial charge in [0.15, 0.2) is 11.6 Å². The second-order valence-corrected chi connectivity index (χ2v) is 9.60. The quantitative estimate of drug-likeness (QED) is 0.541. The lowest BCUT2D eigenvalue weighted by Gasteiger charge is -2.14. The summed E-state index contributed by atoms with van der Waals surface area (Å²) in [5.74, 6) is 1.27. The zero-order valence-corrected chi connectivity index (χ0v) is 18.2. The number of nitrogens with zero attached hydrogens (tertiary/aromatic N) is 2. The number of hydrogen-bond acceptors (Lipinski definition) is 8. The normalized spacial score (nSPS) is 22.3. The van der Waals surface area contributed by atoms with Crippen molar-refractivity contribution in [1.82, 2.24) is 25.2 Å². The van der Waals surface area contributed by atoms with Crippen molar-refractivity contribution in [1.29, 1.82) is 0 Å². The Morgan fingerprint density at radius 3 is 2.94 bits per heavy atom. The molecule has 0 spiro atoms. The van der Waals surface area contributed by atoms with E-state index in [2.05, 4.69) is 30.5 Å². The predicted molar refractivity (Wildman–Crippen MR) is 112 cm³/mol. The Labute approximate surface area is 180 Å². The third kappa shape index (κ3) is 5.07. The number of rotatable bonds is 5. The van der Waals surface area contributed by atoms with Crippen molar-refractivity contribution in [3.05, 3.63) is 23.9 Å². The SMILES string of the molecule is CC(C)NC(=O)O[C@@H]1CC[C@H](c2cc(Nc3ccc4c(n3)S(=O)(=O)NCCO4)n[nH]2)C1. The Hall–Kier alpha value is -2.86. The Bertz CT molecular complexity index is 1050. The number of pyridine rings is 1. The fourth-order valence-corrected chi connectivity index (χ4v) is 4.80. The number of sulfonamides is 1. The van der Waals surface area contributed by atoms with Gasteiger partial charge in [-0.25, -0.2) is 22.9 Å². The average Bonchev–Trinajstić information content (AvgIpc) is 3.31. The molecule has 2 aliphatic rings. The van der Waals surface area contributed by atoms with Gasteiger partial charge >= 0.3 is 6.09 Å². The number of ether oxygens (including phenoxy) is 2. The lowest BCUT2D eigenvalue weighted by molar-refractivity contribution is 0.0981. The van der Waals surface area contributed by atoms with Crippen molar-refractivity contribution >= 4 is 27.8 Å². The number of nitrogens with one attached hydrogen (secondary N) is 4. The average molecular weight is 451 g/mol. The molecule has 0 bridgehead atoms. The molecule has 1 amide bonds. The van der Waals surface area contributed by atoms with E-state index in [0.29, 0.717) is 18.1 Å². The Morgan fingerprint density at radius 2 is 2.13 bits per heavy atom. The van der Waals surface area contributed by atoms with Crippen molar-refractivity contribution in [2.45, 2.75) is 56.2 Å². The molecule has 0 saturated heterocycles. The second kappa shape index (κ2) is 8.71. The van der Waals surface area contributed by atoms with Crippen LogP contribution in [-0.4, -0.2) is 55.0 Å². The first-order valence-electron chi connectivity index (χ1n) is 10.2. The molecule has 1 aliphatic carbocycles. The van der Waals surface area contributed by atoms with Gasteiger partial charge < -0.3 is 20.1 Å². The third-order valence-corrected chi connectivity index (χ3v) is 6.48. The molecular weight excluding hydrogens is 424 g/mol. The number of carbonyl (C=O) groups excluding carboxylic acids is 1. The number of anilines is 2. The maximum absolute atomic E-state index is 12.3. The number of fused-ring (bicyclic) bond motifs is 1. The van der Waals surface area contributed by atoms with Crippen LogP contribution in [0.2, 0.25) is 0 Å². The van der Waals surface area contributed by atoms with Gasteiger partial charge in [-0.05, 0) is 45.2 Å². The number of aromatic amines is 1. The number of amides is 1. The molecule has 4 N–H and O–H groups in total. The summed E-state index contributed by atoms with van der Waals surface area (Å²) >= 11 is 0. The maximum atomic E-state index is 12.3. The molecule has 0 aromatic carbocycles. The van der Waals surface area contributed by atoms with E-state index >= 15 is 0 Å². The molecule has 12 heteroatoms. The fourth-order valence-electron chi connectivity index (χ4n) is 3.70. The van der Waals surface area contributed by atoms with E-state index in [1.165, 1.54) is 0 Å². The van der Waals surface area contributed by atoms with Crippen molar-refractivity contribution < 1.29 is 22.7 Å². The highest BCUT2D eigenvalue weighted by Crippen LogP contribution is 2.36. The Morgan fingerprint density at radius 1 is 1.29 bits per heavy atom. The van der Waals surface area contributed by atoms with Crippen LogP contribution < -0.4 is 20.1 Å². The topological polar surface area (TPSA) is 147 Å². The fraction of sp³-hybridized carbons (Fsp3) is 0.526. The molecule has 0 radical (unpaired) electrons. The predicted octanol–water partition coefficient (Wildman–Crippen LogP) is 1.99. The van der Waals surface area contributed by atoms with Gasteiger partial charge in [-0.15, -0.1) is 0 Å². The molecule has 2 atom stereocenters. The van der Waals surface area contributed by atoms with Gasteiger partial charge in [-0.2, -0.15) is 5.10 Å². The lowest BCUT2D eigenvalue weighted by atomic mass is 10.0. The van der Waals surface area contributed by atoms with Crippen LogP contribution in [0.4, 0.5) is 16.4 Å². The zero-order valence-electron chi connectivity index (χ0n) is 17.3. The van der Waals surface area contributed by atoms with Gasteiger partial charge in [0.2, 0.25) is 5.03 Å². The number of H-pyrrole nitrogens is 1. The Kier molecular flexibility index (Phi) is 6.01. The van der Waals surface area contributed by atoms with Gasteiger partial charge in [0.1, 0.15) is 18.5 Å². The van der Waals surface area contributed by atoms with Crippen LogP contribution in [0.5, 0.6) is 5.75 Å². The highest BCUT2D eigenvalue weighted by atomic mass is 32.2. The van der Waals surface area contributed by atoms with Crippen LogP contribution >= 0.6 is 0 Å². The van der Waals surface area contributed by atoms with Crippen LogP contribution in [0.15, 0.2) is 23.2 Å². The van der Waals surface area contributed by atoms with Crippen molar-refractivity contribution in [2.75, 3.05) is 18.5 Å². The summed E-state index contributed by atoms with van der Waals surface area (Å²) in [7, 11) is -3.73. The molecule has 4 rings (SSSR count). The van der Waals surface area contributed by atoms with Gasteiger partial charge in [0, 0.05) is 30.3 Å². The number of hydrogen-bond donors (Lipinski definition) is 4. The van der Waals surface area contributed by atoms with Crippen molar-refractivity contribution in [3.63, 3.8) is 0 Å². The molecular formula is C19H26N6O5S. The second-order valence-electron chi connectivity index (χ2n) is 7.92. The van der Waals surface area contributed by atoms with Crippen LogP contribution in [-0.2, 0) is 14.8 Å². The van der Waals surface area contributed by atoms with E-state index in [9.17, 15) is 13.2 Å². The van der Waals surface area contributed by atoms with E-state index in [0.717, 1.165) is 18.5 Å². The maximum Gasteiger partial charge on any atom is 0.407 e. The molecule has 31 heavy (non-hydrogen) atoms. The monoisotopic (exact) mass is 450 g/mol. The third-order valence-electron chi connectivity index (χ3n) is 5.09. The molecule has 3 heterocycles. The van der Waals surface area contributed by atoms with Gasteiger partial charge in [0.05, 0.1) is 0 Å². The van der Waals surface area contributed by atoms with Crippen LogP contribution in [0, 0.1) is 0 Å². The summed E-state index contributed by atoms with van der Waals surface area (Å²) in [6, 6.07) is 5.10. The summed E-state index contributed by atoms with van der Waals surface area (Å²) < 4.78 is 37.9. The molecule has 1 aliphatic heterocycles. The van der Waals surface area contributed by atoms with E-state index in [1.807, 2.05) is 19.9 Å². The summed E-state index contributed by atoms with van der Waals surface area (Å²) in [5.41, 5.74) is 0.922. The van der Waals surface area contributed by atoms with Crippen LogP contribution in [0.3, 0.4) is 0 Å². The highest BCUT2D eigenvalue weighted by Gasteiger charge is 2.30. The minimum absolute atomic E-state index is 0.0323. The highest BCUT2D eigenvalue weighted by molar-refractivity contribution is 7.89. The lowest BCUT2D eigenvalue weighted by Crippen LogP contribution is -2.33. The number of aromatic nitrogens is 3. The molecule has 11 nitrogen and oxygen atoms in total. The summed E-state index contributed by atoms with van der Waals surface area (Å²) in [6.45, 7) is 4.20. The van der Waals surface area contributed by atoms with E-state index < -0.39 is 16.1 Å². The minimum Gasteiger partial charge on any atom is -0.489 e. The van der Waals surface area contributed by atoms with Crippen molar-refractivity contribution in [3.8, 4) is 5.75 Å². The largest absolute Gasteiger partial charge is 0.489 e. The first-order valence-corrected chi connectivity index (χ1v) is 11.7. The van der Waals surface area contributed by atoms with Crippen LogP contribution in [0.1, 0.15) is 44.7 Å². The number of carbonyl (C=O) groups is 1. The molecule has 2 aromatic rings. The van der Waals surface area contributed by atoms with Gasteiger partial charge in [0.25, 0.3) is 10.0 Å². The molecule has 2 aromatic heterocycles. The number of alkyl carbamates (subject to hydrolysis) is 1. The smallest absolute Gasteiger partial charge is 0.407 e. The molecule has 168 valence electrons.